The molecule has 0 atom stereocenters. The molecule has 2 rings (SSSR count). The minimum atomic E-state index is -0.230. The van der Waals surface area contributed by atoms with Crippen LogP contribution in [0.15, 0.2) is 18.5 Å². The highest BCUT2D eigenvalue weighted by Gasteiger charge is 2.08. The number of benzene rings is 1. The number of nitrogens with zero attached hydrogens (tertiary/aromatic N) is 3. The number of halogens is 1. The van der Waals surface area contributed by atoms with Crippen LogP contribution in [0, 0.1) is 5.82 Å². The summed E-state index contributed by atoms with van der Waals surface area (Å²) in [6.45, 7) is 0. The van der Waals surface area contributed by atoms with Crippen LogP contribution in [0.25, 0.3) is 11.0 Å². The average Bonchev–Trinajstić information content (AvgIpc) is 2.48. The molecule has 0 aliphatic rings. The van der Waals surface area contributed by atoms with Crippen LogP contribution < -0.4 is 4.90 Å². The van der Waals surface area contributed by atoms with Gasteiger partial charge in [0.2, 0.25) is 0 Å². The molecule has 0 saturated carbocycles. The van der Waals surface area contributed by atoms with Crippen molar-refractivity contribution in [3.63, 3.8) is 0 Å². The molecule has 1 aromatic heterocycles. The van der Waals surface area contributed by atoms with E-state index in [1.165, 1.54) is 6.07 Å². The van der Waals surface area contributed by atoms with Crippen LogP contribution in [0.1, 0.15) is 0 Å². The monoisotopic (exact) mass is 193 g/mol. The van der Waals surface area contributed by atoms with E-state index >= 15 is 0 Å². The van der Waals surface area contributed by atoms with Crippen molar-refractivity contribution in [3.05, 3.63) is 24.3 Å². The normalized spacial score (nSPS) is 10.9. The highest BCUT2D eigenvalue weighted by Crippen LogP contribution is 2.22. The van der Waals surface area contributed by atoms with E-state index in [0.717, 1.165) is 5.69 Å². The summed E-state index contributed by atoms with van der Waals surface area (Å²) < 4.78 is 15.3. The molecule has 0 spiro atoms. The molecule has 74 valence electrons. The number of rotatable bonds is 1. The summed E-state index contributed by atoms with van der Waals surface area (Å²) in [5, 5.41) is 0. The van der Waals surface area contributed by atoms with Gasteiger partial charge in [-0.2, -0.15) is 0 Å². The van der Waals surface area contributed by atoms with Crippen LogP contribution in [0.2, 0.25) is 0 Å². The van der Waals surface area contributed by atoms with Gasteiger partial charge in [-0.15, -0.1) is 0 Å². The van der Waals surface area contributed by atoms with Crippen LogP contribution >= 0.6 is 0 Å². The lowest BCUT2D eigenvalue weighted by molar-refractivity contribution is 0.631. The molecular weight excluding hydrogens is 181 g/mol. The molecule has 0 aliphatic heterocycles. The van der Waals surface area contributed by atoms with E-state index in [1.807, 2.05) is 25.1 Å². The fourth-order valence-corrected chi connectivity index (χ4v) is 1.48. The summed E-state index contributed by atoms with van der Waals surface area (Å²) in [6.07, 6.45) is 1.62. The number of aromatic nitrogens is 2. The zero-order valence-corrected chi connectivity index (χ0v) is 8.45. The minimum absolute atomic E-state index is 0.230. The first-order valence-electron chi connectivity index (χ1n) is 4.37. The summed E-state index contributed by atoms with van der Waals surface area (Å²) in [7, 11) is 5.54. The zero-order valence-electron chi connectivity index (χ0n) is 8.45. The Balaban J connectivity index is 2.74. The van der Waals surface area contributed by atoms with Crippen molar-refractivity contribution in [1.82, 2.24) is 9.55 Å². The summed E-state index contributed by atoms with van der Waals surface area (Å²) in [6, 6.07) is 3.39. The van der Waals surface area contributed by atoms with E-state index in [0.29, 0.717) is 11.0 Å². The van der Waals surface area contributed by atoms with E-state index < -0.39 is 0 Å². The minimum Gasteiger partial charge on any atom is -0.378 e. The van der Waals surface area contributed by atoms with Crippen LogP contribution in [0.3, 0.4) is 0 Å². The van der Waals surface area contributed by atoms with Crippen molar-refractivity contribution >= 4 is 16.7 Å². The van der Waals surface area contributed by atoms with E-state index in [4.69, 9.17) is 0 Å². The van der Waals surface area contributed by atoms with Gasteiger partial charge in [-0.3, -0.25) is 0 Å². The zero-order chi connectivity index (χ0) is 10.3. The molecule has 0 unspecified atom stereocenters. The molecule has 2 aromatic rings. The third kappa shape index (κ3) is 1.23. The van der Waals surface area contributed by atoms with Crippen LogP contribution in [0.4, 0.5) is 10.1 Å². The van der Waals surface area contributed by atoms with Gasteiger partial charge >= 0.3 is 0 Å². The lowest BCUT2D eigenvalue weighted by atomic mass is 10.2. The van der Waals surface area contributed by atoms with Crippen molar-refractivity contribution in [2.45, 2.75) is 0 Å². The van der Waals surface area contributed by atoms with E-state index in [1.54, 1.807) is 17.9 Å². The third-order valence-corrected chi connectivity index (χ3v) is 2.27. The fraction of sp³-hybridized carbons (Fsp3) is 0.300. The molecule has 1 heterocycles. The van der Waals surface area contributed by atoms with E-state index in [2.05, 4.69) is 4.98 Å². The lowest BCUT2D eigenvalue weighted by Crippen LogP contribution is -2.08. The van der Waals surface area contributed by atoms with Gasteiger partial charge in [-0.25, -0.2) is 9.37 Å². The Hall–Kier alpha value is -1.58. The number of fused-ring (bicyclic) bond motifs is 1. The Morgan fingerprint density at radius 1 is 1.36 bits per heavy atom. The molecule has 0 bridgehead atoms. The van der Waals surface area contributed by atoms with Gasteiger partial charge < -0.3 is 9.47 Å². The molecule has 14 heavy (non-hydrogen) atoms. The number of imidazole rings is 1. The largest absolute Gasteiger partial charge is 0.378 e. The first-order chi connectivity index (χ1) is 6.59. The van der Waals surface area contributed by atoms with Crippen molar-refractivity contribution in [2.24, 2.45) is 7.05 Å². The van der Waals surface area contributed by atoms with Crippen LogP contribution in [-0.2, 0) is 7.05 Å². The van der Waals surface area contributed by atoms with Crippen molar-refractivity contribution < 1.29 is 4.39 Å². The number of anilines is 1. The standard InChI is InChI=1S/C10H12FN3/c1-13(2)7-4-8(11)10-9(5-7)12-6-14(10)3/h4-6H,1-3H3. The second kappa shape index (κ2) is 2.97. The van der Waals surface area contributed by atoms with Gasteiger partial charge in [0.1, 0.15) is 5.52 Å². The van der Waals surface area contributed by atoms with Crippen molar-refractivity contribution in [2.75, 3.05) is 19.0 Å². The fourth-order valence-electron chi connectivity index (χ4n) is 1.48. The predicted molar refractivity (Wildman–Crippen MR) is 55.0 cm³/mol. The predicted octanol–water partition coefficient (Wildman–Crippen LogP) is 1.78. The van der Waals surface area contributed by atoms with Gasteiger partial charge in [0.25, 0.3) is 0 Å². The van der Waals surface area contributed by atoms with E-state index in [-0.39, 0.29) is 5.82 Å². The highest BCUT2D eigenvalue weighted by atomic mass is 19.1. The molecule has 0 N–H and O–H groups in total. The first-order valence-corrected chi connectivity index (χ1v) is 4.37. The topological polar surface area (TPSA) is 21.1 Å². The number of aryl methyl sites for hydroxylation is 1. The Labute approximate surface area is 81.8 Å². The van der Waals surface area contributed by atoms with Gasteiger partial charge in [-0.1, -0.05) is 0 Å². The Morgan fingerprint density at radius 3 is 2.71 bits per heavy atom. The second-order valence-corrected chi connectivity index (χ2v) is 3.55. The summed E-state index contributed by atoms with van der Waals surface area (Å²) in [4.78, 5) is 5.98. The maximum atomic E-state index is 13.6. The molecule has 1 aromatic carbocycles. The Kier molecular flexibility index (Phi) is 1.91. The molecule has 0 radical (unpaired) electrons. The van der Waals surface area contributed by atoms with Crippen LogP contribution in [0.5, 0.6) is 0 Å². The molecular formula is C10H12FN3. The van der Waals surface area contributed by atoms with Gasteiger partial charge in [-0.05, 0) is 12.1 Å². The number of hydrogen-bond acceptors (Lipinski definition) is 2. The van der Waals surface area contributed by atoms with Crippen LogP contribution in [-0.4, -0.2) is 23.6 Å². The third-order valence-electron chi connectivity index (χ3n) is 2.27. The molecule has 0 fully saturated rings. The summed E-state index contributed by atoms with van der Waals surface area (Å²) in [5.74, 6) is -0.230. The smallest absolute Gasteiger partial charge is 0.151 e. The molecule has 0 amide bonds. The van der Waals surface area contributed by atoms with Crippen molar-refractivity contribution in [3.8, 4) is 0 Å². The summed E-state index contributed by atoms with van der Waals surface area (Å²) >= 11 is 0. The molecule has 3 nitrogen and oxygen atoms in total. The second-order valence-electron chi connectivity index (χ2n) is 3.55. The van der Waals surface area contributed by atoms with Gasteiger partial charge in [0.05, 0.1) is 11.8 Å². The summed E-state index contributed by atoms with van der Waals surface area (Å²) in [5.41, 5.74) is 2.07. The quantitative estimate of drug-likeness (QED) is 0.688. The number of hydrogen-bond donors (Lipinski definition) is 0. The maximum absolute atomic E-state index is 13.6. The Morgan fingerprint density at radius 2 is 2.07 bits per heavy atom. The maximum Gasteiger partial charge on any atom is 0.151 e. The average molecular weight is 193 g/mol. The molecule has 0 aliphatic carbocycles. The molecule has 4 heteroatoms. The van der Waals surface area contributed by atoms with Gasteiger partial charge in [0.15, 0.2) is 5.82 Å². The van der Waals surface area contributed by atoms with E-state index in [9.17, 15) is 4.39 Å². The highest BCUT2D eigenvalue weighted by molar-refractivity contribution is 5.80. The Bertz CT molecular complexity index is 473. The first kappa shape index (κ1) is 8.99. The lowest BCUT2D eigenvalue weighted by Gasteiger charge is -2.12. The van der Waals surface area contributed by atoms with Gasteiger partial charge in [0, 0.05) is 26.8 Å². The SMILES string of the molecule is CN(C)c1cc(F)c2c(c1)ncn2C. The molecule has 0 saturated heterocycles. The van der Waals surface area contributed by atoms with Crippen molar-refractivity contribution in [1.29, 1.82) is 0 Å².